The minimum Gasteiger partial charge on any atom is -0.166 e. The van der Waals surface area contributed by atoms with Crippen molar-refractivity contribution in [2.75, 3.05) is 0 Å². The Labute approximate surface area is 138 Å². The SMILES string of the molecule is Cc1cc(C(Br)c2ccc(C(F)(F)F)cc2)c(C)cc1Br. The van der Waals surface area contributed by atoms with Gasteiger partial charge in [-0.2, -0.15) is 13.2 Å². The first-order valence-corrected chi connectivity index (χ1v) is 7.99. The van der Waals surface area contributed by atoms with Gasteiger partial charge in [0.05, 0.1) is 10.4 Å². The van der Waals surface area contributed by atoms with Crippen LogP contribution >= 0.6 is 31.9 Å². The zero-order valence-electron chi connectivity index (χ0n) is 11.4. The van der Waals surface area contributed by atoms with Crippen LogP contribution < -0.4 is 0 Å². The molecule has 0 aliphatic carbocycles. The predicted molar refractivity (Wildman–Crippen MR) is 85.8 cm³/mol. The van der Waals surface area contributed by atoms with Crippen LogP contribution in [0.3, 0.4) is 0 Å². The normalized spacial score (nSPS) is 13.3. The predicted octanol–water partition coefficient (Wildman–Crippen LogP) is 6.57. The van der Waals surface area contributed by atoms with Gasteiger partial charge in [-0.1, -0.05) is 50.1 Å². The van der Waals surface area contributed by atoms with Crippen LogP contribution in [-0.4, -0.2) is 0 Å². The smallest absolute Gasteiger partial charge is 0.166 e. The van der Waals surface area contributed by atoms with Gasteiger partial charge in [-0.25, -0.2) is 0 Å². The second kappa shape index (κ2) is 6.13. The van der Waals surface area contributed by atoms with Crippen molar-refractivity contribution in [2.24, 2.45) is 0 Å². The number of alkyl halides is 4. The van der Waals surface area contributed by atoms with Gasteiger partial charge in [-0.05, 0) is 54.3 Å². The van der Waals surface area contributed by atoms with E-state index in [2.05, 4.69) is 31.9 Å². The maximum absolute atomic E-state index is 12.6. The zero-order chi connectivity index (χ0) is 15.8. The molecule has 0 aliphatic heterocycles. The number of hydrogen-bond donors (Lipinski definition) is 0. The monoisotopic (exact) mass is 420 g/mol. The highest BCUT2D eigenvalue weighted by Crippen LogP contribution is 2.37. The van der Waals surface area contributed by atoms with Gasteiger partial charge in [0.2, 0.25) is 0 Å². The van der Waals surface area contributed by atoms with Crippen LogP contribution in [-0.2, 0) is 6.18 Å². The number of benzene rings is 2. The van der Waals surface area contributed by atoms with E-state index in [1.807, 2.05) is 26.0 Å². The number of rotatable bonds is 2. The van der Waals surface area contributed by atoms with Crippen molar-refractivity contribution in [3.63, 3.8) is 0 Å². The van der Waals surface area contributed by atoms with E-state index < -0.39 is 11.7 Å². The summed E-state index contributed by atoms with van der Waals surface area (Å²) in [4.78, 5) is -0.133. The van der Waals surface area contributed by atoms with Crippen LogP contribution in [0.2, 0.25) is 0 Å². The standard InChI is InChI=1S/C16H13Br2F3/c1-9-8-14(17)10(2)7-13(9)15(18)11-3-5-12(6-4-11)16(19,20)21/h3-8,15H,1-2H3. The van der Waals surface area contributed by atoms with Gasteiger partial charge < -0.3 is 0 Å². The molecule has 0 saturated carbocycles. The molecule has 2 aromatic rings. The first-order chi connectivity index (χ1) is 9.70. The number of halogens is 5. The summed E-state index contributed by atoms with van der Waals surface area (Å²) < 4.78 is 38.8. The van der Waals surface area contributed by atoms with E-state index in [1.54, 1.807) is 0 Å². The van der Waals surface area contributed by atoms with E-state index in [0.29, 0.717) is 0 Å². The van der Waals surface area contributed by atoms with Gasteiger partial charge in [-0.15, -0.1) is 0 Å². The largest absolute Gasteiger partial charge is 0.416 e. The summed E-state index contributed by atoms with van der Waals surface area (Å²) in [7, 11) is 0. The van der Waals surface area contributed by atoms with E-state index in [1.165, 1.54) is 12.1 Å². The molecule has 1 atom stereocenters. The van der Waals surface area contributed by atoms with Gasteiger partial charge in [0.15, 0.2) is 0 Å². The second-order valence-corrected chi connectivity index (χ2v) is 6.71. The summed E-state index contributed by atoms with van der Waals surface area (Å²) in [5.74, 6) is 0. The molecule has 0 spiro atoms. The summed E-state index contributed by atoms with van der Waals surface area (Å²) >= 11 is 7.06. The molecule has 2 rings (SSSR count). The van der Waals surface area contributed by atoms with E-state index >= 15 is 0 Å². The molecule has 21 heavy (non-hydrogen) atoms. The van der Waals surface area contributed by atoms with Crippen molar-refractivity contribution >= 4 is 31.9 Å². The lowest BCUT2D eigenvalue weighted by Crippen LogP contribution is -2.05. The number of hydrogen-bond acceptors (Lipinski definition) is 0. The summed E-state index contributed by atoms with van der Waals surface area (Å²) in [6.07, 6.45) is -4.30. The minimum atomic E-state index is -4.30. The molecule has 0 heterocycles. The van der Waals surface area contributed by atoms with Gasteiger partial charge in [0.1, 0.15) is 0 Å². The fraction of sp³-hybridized carbons (Fsp3) is 0.250. The lowest BCUT2D eigenvalue weighted by molar-refractivity contribution is -0.137. The Hall–Kier alpha value is -0.810. The van der Waals surface area contributed by atoms with E-state index in [9.17, 15) is 13.2 Å². The Morgan fingerprint density at radius 2 is 1.52 bits per heavy atom. The Bertz CT molecular complexity index is 646. The molecule has 0 fully saturated rings. The van der Waals surface area contributed by atoms with Crippen molar-refractivity contribution in [1.29, 1.82) is 0 Å². The minimum absolute atomic E-state index is 0.133. The molecule has 0 radical (unpaired) electrons. The molecule has 112 valence electrons. The fourth-order valence-electron chi connectivity index (χ4n) is 2.10. The highest BCUT2D eigenvalue weighted by molar-refractivity contribution is 9.10. The molecule has 2 aromatic carbocycles. The Balaban J connectivity index is 2.36. The highest BCUT2D eigenvalue weighted by atomic mass is 79.9. The van der Waals surface area contributed by atoms with Gasteiger partial charge in [0.25, 0.3) is 0 Å². The Morgan fingerprint density at radius 3 is 2.05 bits per heavy atom. The second-order valence-electron chi connectivity index (χ2n) is 4.94. The maximum atomic E-state index is 12.6. The first kappa shape index (κ1) is 16.6. The van der Waals surface area contributed by atoms with Crippen LogP contribution in [0.15, 0.2) is 40.9 Å². The Kier molecular flexibility index (Phi) is 4.83. The van der Waals surface area contributed by atoms with Crippen molar-refractivity contribution in [3.05, 3.63) is 68.7 Å². The molecule has 0 bridgehead atoms. The molecule has 0 aliphatic rings. The topological polar surface area (TPSA) is 0 Å². The highest BCUT2D eigenvalue weighted by Gasteiger charge is 2.30. The lowest BCUT2D eigenvalue weighted by atomic mass is 9.98. The van der Waals surface area contributed by atoms with Crippen LogP contribution in [0.4, 0.5) is 13.2 Å². The molecule has 0 nitrogen and oxygen atoms in total. The summed E-state index contributed by atoms with van der Waals surface area (Å²) in [6.45, 7) is 3.97. The van der Waals surface area contributed by atoms with E-state index in [0.717, 1.165) is 38.9 Å². The van der Waals surface area contributed by atoms with E-state index in [-0.39, 0.29) is 4.83 Å². The van der Waals surface area contributed by atoms with Crippen LogP contribution in [0.25, 0.3) is 0 Å². The molecular formula is C16H13Br2F3. The van der Waals surface area contributed by atoms with Crippen LogP contribution in [0, 0.1) is 13.8 Å². The molecule has 0 amide bonds. The molecular weight excluding hydrogens is 409 g/mol. The summed E-state index contributed by atoms with van der Waals surface area (Å²) in [5.41, 5.74) is 3.39. The van der Waals surface area contributed by atoms with Crippen LogP contribution in [0.5, 0.6) is 0 Å². The summed E-state index contributed by atoms with van der Waals surface area (Å²) in [6, 6.07) is 9.31. The molecule has 0 N–H and O–H groups in total. The quantitative estimate of drug-likeness (QED) is 0.481. The van der Waals surface area contributed by atoms with Gasteiger partial charge in [0, 0.05) is 4.47 Å². The molecule has 5 heteroatoms. The van der Waals surface area contributed by atoms with Crippen LogP contribution in [0.1, 0.15) is 32.6 Å². The van der Waals surface area contributed by atoms with Crippen molar-refractivity contribution < 1.29 is 13.2 Å². The average Bonchev–Trinajstić information content (AvgIpc) is 2.41. The van der Waals surface area contributed by atoms with Gasteiger partial charge in [-0.3, -0.25) is 0 Å². The van der Waals surface area contributed by atoms with Crippen molar-refractivity contribution in [1.82, 2.24) is 0 Å². The van der Waals surface area contributed by atoms with Crippen molar-refractivity contribution in [2.45, 2.75) is 24.9 Å². The molecule has 0 aromatic heterocycles. The maximum Gasteiger partial charge on any atom is 0.416 e. The zero-order valence-corrected chi connectivity index (χ0v) is 14.6. The average molecular weight is 422 g/mol. The lowest BCUT2D eigenvalue weighted by Gasteiger charge is -2.16. The Morgan fingerprint density at radius 1 is 0.952 bits per heavy atom. The molecule has 1 unspecified atom stereocenters. The third kappa shape index (κ3) is 3.69. The fourth-order valence-corrected chi connectivity index (χ4v) is 3.35. The summed E-state index contributed by atoms with van der Waals surface area (Å²) in [5, 5.41) is 0. The first-order valence-electron chi connectivity index (χ1n) is 6.28. The van der Waals surface area contributed by atoms with Gasteiger partial charge >= 0.3 is 6.18 Å². The van der Waals surface area contributed by atoms with Crippen molar-refractivity contribution in [3.8, 4) is 0 Å². The molecule has 0 saturated heterocycles. The third-order valence-corrected chi connectivity index (χ3v) is 5.23. The van der Waals surface area contributed by atoms with E-state index in [4.69, 9.17) is 0 Å². The number of aryl methyl sites for hydroxylation is 2. The third-order valence-electron chi connectivity index (χ3n) is 3.35.